The number of aromatic amines is 1. The lowest BCUT2D eigenvalue weighted by Crippen LogP contribution is -2.12. The second-order valence-electron chi connectivity index (χ2n) is 6.88. The van der Waals surface area contributed by atoms with E-state index in [9.17, 15) is 4.79 Å². The molecule has 3 nitrogen and oxygen atoms in total. The first-order valence-corrected chi connectivity index (χ1v) is 9.39. The van der Waals surface area contributed by atoms with E-state index in [1.807, 2.05) is 54.6 Å². The zero-order valence-electron chi connectivity index (χ0n) is 15.8. The van der Waals surface area contributed by atoms with E-state index in [2.05, 4.69) is 35.0 Å². The molecule has 4 rings (SSSR count). The van der Waals surface area contributed by atoms with Gasteiger partial charge in [0.25, 0.3) is 5.56 Å². The Hall–Kier alpha value is -4.08. The third kappa shape index (κ3) is 4.43. The fourth-order valence-electron chi connectivity index (χ4n) is 3.22. The van der Waals surface area contributed by atoms with Gasteiger partial charge < -0.3 is 4.98 Å². The number of nitriles is 1. The van der Waals surface area contributed by atoms with Gasteiger partial charge in [-0.25, -0.2) is 0 Å². The molecule has 0 bridgehead atoms. The minimum absolute atomic E-state index is 0.0928. The third-order valence-corrected chi connectivity index (χ3v) is 4.77. The maximum absolute atomic E-state index is 12.4. The number of nitrogens with zero attached hydrogens (tertiary/aromatic N) is 1. The highest BCUT2D eigenvalue weighted by molar-refractivity contribution is 5.80. The highest BCUT2D eigenvalue weighted by Gasteiger charge is 2.05. The summed E-state index contributed by atoms with van der Waals surface area (Å²) in [6.45, 7) is 0. The lowest BCUT2D eigenvalue weighted by atomic mass is 10.0. The van der Waals surface area contributed by atoms with Crippen LogP contribution in [-0.4, -0.2) is 4.98 Å². The molecule has 0 atom stereocenters. The van der Waals surface area contributed by atoms with Gasteiger partial charge in [0.05, 0.1) is 11.6 Å². The zero-order valence-corrected chi connectivity index (χ0v) is 15.8. The molecule has 4 aromatic rings. The fourth-order valence-corrected chi connectivity index (χ4v) is 3.22. The van der Waals surface area contributed by atoms with Crippen LogP contribution in [0.1, 0.15) is 27.8 Å². The molecule has 3 heteroatoms. The average Bonchev–Trinajstić information content (AvgIpc) is 2.76. The van der Waals surface area contributed by atoms with Gasteiger partial charge in [0.2, 0.25) is 0 Å². The third-order valence-electron chi connectivity index (χ3n) is 4.77. The molecule has 0 fully saturated rings. The van der Waals surface area contributed by atoms with Gasteiger partial charge in [0.1, 0.15) is 0 Å². The van der Waals surface area contributed by atoms with Crippen LogP contribution < -0.4 is 5.56 Å². The van der Waals surface area contributed by atoms with Crippen LogP contribution in [0.3, 0.4) is 0 Å². The van der Waals surface area contributed by atoms with Crippen LogP contribution in [0, 0.1) is 23.2 Å². The van der Waals surface area contributed by atoms with Gasteiger partial charge in [-0.1, -0.05) is 54.3 Å². The Morgan fingerprint density at radius 3 is 2.34 bits per heavy atom. The van der Waals surface area contributed by atoms with E-state index >= 15 is 0 Å². The number of rotatable bonds is 3. The predicted molar refractivity (Wildman–Crippen MR) is 116 cm³/mol. The van der Waals surface area contributed by atoms with Gasteiger partial charge in [0.15, 0.2) is 0 Å². The molecule has 0 saturated carbocycles. The maximum atomic E-state index is 12.4. The molecule has 138 valence electrons. The number of benzene rings is 3. The maximum Gasteiger partial charge on any atom is 0.251 e. The number of nitrogens with one attached hydrogen (secondary N) is 1. The molecule has 1 heterocycles. The summed E-state index contributed by atoms with van der Waals surface area (Å²) in [6, 6.07) is 27.3. The molecule has 0 amide bonds. The summed E-state index contributed by atoms with van der Waals surface area (Å²) in [5, 5.41) is 9.88. The standard InChI is InChI=1S/C26H18N2O/c27-18-22-11-9-21(10-12-22)16-24-17-23-15-20(13-14-25(23)28-26(24)29)8-4-7-19-5-2-1-3-6-19/h1-3,5-6,9-15,17H,7,16H2,(H,28,29). The molecule has 0 aliphatic heterocycles. The summed E-state index contributed by atoms with van der Waals surface area (Å²) < 4.78 is 0. The minimum Gasteiger partial charge on any atom is -0.322 e. The quantitative estimate of drug-likeness (QED) is 0.534. The Balaban J connectivity index is 1.60. The van der Waals surface area contributed by atoms with Crippen molar-refractivity contribution < 1.29 is 0 Å². The molecule has 1 N–H and O–H groups in total. The van der Waals surface area contributed by atoms with Crippen molar-refractivity contribution >= 4 is 10.9 Å². The molecule has 0 unspecified atom stereocenters. The molecule has 29 heavy (non-hydrogen) atoms. The number of aromatic nitrogens is 1. The van der Waals surface area contributed by atoms with Crippen molar-refractivity contribution in [1.29, 1.82) is 5.26 Å². The van der Waals surface area contributed by atoms with E-state index < -0.39 is 0 Å². The van der Waals surface area contributed by atoms with Crippen LogP contribution in [0.5, 0.6) is 0 Å². The molecule has 3 aromatic carbocycles. The molecule has 0 spiro atoms. The Morgan fingerprint density at radius 1 is 0.828 bits per heavy atom. The topological polar surface area (TPSA) is 56.6 Å². The number of hydrogen-bond donors (Lipinski definition) is 1. The lowest BCUT2D eigenvalue weighted by molar-refractivity contribution is 1.12. The van der Waals surface area contributed by atoms with E-state index in [4.69, 9.17) is 5.26 Å². The number of H-pyrrole nitrogens is 1. The highest BCUT2D eigenvalue weighted by Crippen LogP contribution is 2.16. The summed E-state index contributed by atoms with van der Waals surface area (Å²) >= 11 is 0. The lowest BCUT2D eigenvalue weighted by Gasteiger charge is -2.05. The van der Waals surface area contributed by atoms with Crippen LogP contribution >= 0.6 is 0 Å². The van der Waals surface area contributed by atoms with Crippen LogP contribution in [0.15, 0.2) is 83.7 Å². The van der Waals surface area contributed by atoms with Gasteiger partial charge in [-0.3, -0.25) is 4.79 Å². The van der Waals surface area contributed by atoms with E-state index in [1.165, 1.54) is 5.56 Å². The SMILES string of the molecule is N#Cc1ccc(Cc2cc3cc(C#CCc4ccccc4)ccc3[nH]c2=O)cc1. The van der Waals surface area contributed by atoms with Crippen molar-refractivity contribution in [2.75, 3.05) is 0 Å². The highest BCUT2D eigenvalue weighted by atomic mass is 16.1. The second kappa shape index (κ2) is 8.30. The van der Waals surface area contributed by atoms with Gasteiger partial charge in [-0.05, 0) is 52.9 Å². The molecule has 0 radical (unpaired) electrons. The summed E-state index contributed by atoms with van der Waals surface area (Å²) in [5.74, 6) is 6.42. The predicted octanol–water partition coefficient (Wildman–Crippen LogP) is 4.58. The first kappa shape index (κ1) is 18.3. The molecule has 1 aromatic heterocycles. The minimum atomic E-state index is -0.0928. The van der Waals surface area contributed by atoms with Crippen molar-refractivity contribution in [3.63, 3.8) is 0 Å². The van der Waals surface area contributed by atoms with Crippen LogP contribution in [0.2, 0.25) is 0 Å². The van der Waals surface area contributed by atoms with E-state index in [0.29, 0.717) is 24.0 Å². The normalized spacial score (nSPS) is 10.2. The molecular weight excluding hydrogens is 356 g/mol. The summed E-state index contributed by atoms with van der Waals surface area (Å²) in [4.78, 5) is 15.4. The number of pyridine rings is 1. The van der Waals surface area contributed by atoms with Crippen molar-refractivity contribution in [3.8, 4) is 17.9 Å². The zero-order chi connectivity index (χ0) is 20.1. The average molecular weight is 374 g/mol. The van der Waals surface area contributed by atoms with Crippen LogP contribution in [0.25, 0.3) is 10.9 Å². The van der Waals surface area contributed by atoms with Gasteiger partial charge in [-0.15, -0.1) is 0 Å². The Morgan fingerprint density at radius 2 is 1.59 bits per heavy atom. The summed E-state index contributed by atoms with van der Waals surface area (Å²) in [6.07, 6.45) is 1.22. The second-order valence-corrected chi connectivity index (χ2v) is 6.88. The van der Waals surface area contributed by atoms with Gasteiger partial charge in [-0.2, -0.15) is 5.26 Å². The van der Waals surface area contributed by atoms with E-state index in [1.54, 1.807) is 12.1 Å². The van der Waals surface area contributed by atoms with Gasteiger partial charge >= 0.3 is 0 Å². The smallest absolute Gasteiger partial charge is 0.251 e. The Bertz CT molecular complexity index is 1320. The van der Waals surface area contributed by atoms with Crippen LogP contribution in [-0.2, 0) is 12.8 Å². The van der Waals surface area contributed by atoms with Gasteiger partial charge in [0, 0.05) is 29.5 Å². The van der Waals surface area contributed by atoms with Crippen LogP contribution in [0.4, 0.5) is 0 Å². The van der Waals surface area contributed by atoms with E-state index in [0.717, 1.165) is 22.0 Å². The molecule has 0 aliphatic carbocycles. The first-order valence-electron chi connectivity index (χ1n) is 9.39. The monoisotopic (exact) mass is 374 g/mol. The fraction of sp³-hybridized carbons (Fsp3) is 0.0769. The largest absolute Gasteiger partial charge is 0.322 e. The van der Waals surface area contributed by atoms with Crippen molar-refractivity contribution in [3.05, 3.63) is 117 Å². The Kier molecular flexibility index (Phi) is 5.23. The molecule has 0 aliphatic rings. The molecular formula is C26H18N2O. The van der Waals surface area contributed by atoms with E-state index in [-0.39, 0.29) is 5.56 Å². The van der Waals surface area contributed by atoms with Crippen molar-refractivity contribution in [1.82, 2.24) is 4.98 Å². The van der Waals surface area contributed by atoms with Crippen molar-refractivity contribution in [2.45, 2.75) is 12.8 Å². The number of fused-ring (bicyclic) bond motifs is 1. The van der Waals surface area contributed by atoms with Crippen molar-refractivity contribution in [2.24, 2.45) is 0 Å². The number of hydrogen-bond acceptors (Lipinski definition) is 2. The summed E-state index contributed by atoms with van der Waals surface area (Å²) in [5.41, 5.74) is 5.11. The molecule has 0 saturated heterocycles. The summed E-state index contributed by atoms with van der Waals surface area (Å²) in [7, 11) is 0. The Labute approximate surface area is 169 Å². The first-order chi connectivity index (χ1) is 14.2.